The van der Waals surface area contributed by atoms with Crippen molar-refractivity contribution in [2.45, 2.75) is 52.0 Å². The van der Waals surface area contributed by atoms with Crippen molar-refractivity contribution >= 4 is 17.0 Å². The van der Waals surface area contributed by atoms with Gasteiger partial charge in [0.2, 0.25) is 0 Å². The highest BCUT2D eigenvalue weighted by molar-refractivity contribution is 5.93. The molecule has 5 nitrogen and oxygen atoms in total. The maximum atomic E-state index is 11.5. The lowest BCUT2D eigenvalue weighted by Crippen LogP contribution is -2.14. The zero-order valence-electron chi connectivity index (χ0n) is 20.0. The number of carboxylic acids is 1. The minimum Gasteiger partial charge on any atom is -0.489 e. The van der Waals surface area contributed by atoms with Crippen LogP contribution in [0.1, 0.15) is 62.4 Å². The molecule has 1 aliphatic carbocycles. The van der Waals surface area contributed by atoms with Gasteiger partial charge in [0.15, 0.2) is 0 Å². The summed E-state index contributed by atoms with van der Waals surface area (Å²) in [5, 5.41) is 9.43. The van der Waals surface area contributed by atoms with Crippen LogP contribution >= 0.6 is 0 Å². The quantitative estimate of drug-likeness (QED) is 0.360. The predicted molar refractivity (Wildman–Crippen MR) is 137 cm³/mol. The second-order valence-corrected chi connectivity index (χ2v) is 8.76. The van der Waals surface area contributed by atoms with E-state index in [0.29, 0.717) is 12.6 Å². The van der Waals surface area contributed by atoms with Gasteiger partial charge in [0, 0.05) is 11.6 Å². The topological polar surface area (TPSA) is 64.3 Å². The number of ether oxygens (including phenoxy) is 1. The number of aromatic carboxylic acids is 1. The van der Waals surface area contributed by atoms with Crippen LogP contribution in [0.5, 0.6) is 5.75 Å². The van der Waals surface area contributed by atoms with Gasteiger partial charge in [-0.2, -0.15) is 0 Å². The number of aromatic nitrogens is 2. The largest absolute Gasteiger partial charge is 0.489 e. The Morgan fingerprint density at radius 1 is 1.15 bits per heavy atom. The number of rotatable bonds is 8. The molecule has 1 saturated carbocycles. The SMILES string of the molecule is C=C(/C=C/C)/C(=C\C)COc1ccc(-c2nc3cc(C(=O)O)ccc3n2C2CCCCC2)cc1. The molecule has 0 spiro atoms. The van der Waals surface area contributed by atoms with Gasteiger partial charge in [-0.05, 0) is 80.3 Å². The van der Waals surface area contributed by atoms with E-state index in [0.717, 1.165) is 52.2 Å². The fourth-order valence-electron chi connectivity index (χ4n) is 4.68. The number of carboxylic acid groups (broad SMARTS) is 1. The number of carbonyl (C=O) groups is 1. The monoisotopic (exact) mass is 456 g/mol. The second kappa shape index (κ2) is 10.6. The fourth-order valence-corrected chi connectivity index (χ4v) is 4.68. The molecule has 1 aliphatic rings. The van der Waals surface area contributed by atoms with Gasteiger partial charge in [0.25, 0.3) is 0 Å². The lowest BCUT2D eigenvalue weighted by molar-refractivity contribution is 0.0697. The Hall–Kier alpha value is -3.60. The fraction of sp³-hybridized carbons (Fsp3) is 0.310. The van der Waals surface area contributed by atoms with Crippen molar-refractivity contribution in [1.82, 2.24) is 9.55 Å². The van der Waals surface area contributed by atoms with Crippen molar-refractivity contribution in [1.29, 1.82) is 0 Å². The molecule has 0 saturated heterocycles. The highest BCUT2D eigenvalue weighted by atomic mass is 16.5. The molecule has 0 bridgehead atoms. The van der Waals surface area contributed by atoms with Crippen LogP contribution in [0, 0.1) is 0 Å². The van der Waals surface area contributed by atoms with Crippen LogP contribution in [0.3, 0.4) is 0 Å². The number of nitrogens with zero attached hydrogens (tertiary/aromatic N) is 2. The number of hydrogen-bond acceptors (Lipinski definition) is 3. The molecule has 0 atom stereocenters. The van der Waals surface area contributed by atoms with Crippen LogP contribution in [0.2, 0.25) is 0 Å². The lowest BCUT2D eigenvalue weighted by Gasteiger charge is -2.25. The average Bonchev–Trinajstić information content (AvgIpc) is 3.24. The summed E-state index contributed by atoms with van der Waals surface area (Å²) in [5.74, 6) is 0.728. The first kappa shape index (κ1) is 23.6. The predicted octanol–water partition coefficient (Wildman–Crippen LogP) is 7.36. The van der Waals surface area contributed by atoms with E-state index in [-0.39, 0.29) is 5.56 Å². The van der Waals surface area contributed by atoms with Gasteiger partial charge in [-0.1, -0.05) is 44.1 Å². The van der Waals surface area contributed by atoms with Crippen molar-refractivity contribution in [2.75, 3.05) is 6.61 Å². The molecular formula is C29H32N2O3. The Morgan fingerprint density at radius 2 is 1.88 bits per heavy atom. The third kappa shape index (κ3) is 4.98. The lowest BCUT2D eigenvalue weighted by atomic mass is 9.95. The smallest absolute Gasteiger partial charge is 0.335 e. The molecule has 3 aromatic rings. The molecule has 2 aromatic carbocycles. The highest BCUT2D eigenvalue weighted by Crippen LogP contribution is 2.36. The first-order valence-electron chi connectivity index (χ1n) is 12.0. The Bertz CT molecular complexity index is 1240. The molecule has 176 valence electrons. The minimum atomic E-state index is -0.935. The van der Waals surface area contributed by atoms with Gasteiger partial charge in [0.05, 0.1) is 16.6 Å². The normalized spacial score (nSPS) is 15.2. The van der Waals surface area contributed by atoms with E-state index in [9.17, 15) is 9.90 Å². The molecule has 5 heteroatoms. The van der Waals surface area contributed by atoms with E-state index in [1.54, 1.807) is 12.1 Å². The summed E-state index contributed by atoms with van der Waals surface area (Å²) in [5.41, 5.74) is 4.97. The van der Waals surface area contributed by atoms with Gasteiger partial charge in [-0.15, -0.1) is 0 Å². The van der Waals surface area contributed by atoms with Gasteiger partial charge in [-0.3, -0.25) is 0 Å². The van der Waals surface area contributed by atoms with Crippen LogP contribution < -0.4 is 4.74 Å². The van der Waals surface area contributed by atoms with Gasteiger partial charge >= 0.3 is 5.97 Å². The third-order valence-electron chi connectivity index (χ3n) is 6.51. The Balaban J connectivity index is 1.64. The van der Waals surface area contributed by atoms with Gasteiger partial charge < -0.3 is 14.4 Å². The molecule has 0 aliphatic heterocycles. The molecule has 0 amide bonds. The number of hydrogen-bond donors (Lipinski definition) is 1. The summed E-state index contributed by atoms with van der Waals surface area (Å²) >= 11 is 0. The molecule has 34 heavy (non-hydrogen) atoms. The van der Waals surface area contributed by atoms with Crippen LogP contribution in [-0.2, 0) is 0 Å². The van der Waals surface area contributed by atoms with Gasteiger partial charge in [-0.25, -0.2) is 9.78 Å². The van der Waals surface area contributed by atoms with Gasteiger partial charge in [0.1, 0.15) is 18.2 Å². The molecule has 0 radical (unpaired) electrons. The summed E-state index contributed by atoms with van der Waals surface area (Å²) in [6.45, 7) is 8.51. The number of imidazole rings is 1. The van der Waals surface area contributed by atoms with Crippen LogP contribution in [0.25, 0.3) is 22.4 Å². The molecule has 0 unspecified atom stereocenters. The minimum absolute atomic E-state index is 0.260. The summed E-state index contributed by atoms with van der Waals surface area (Å²) < 4.78 is 8.32. The molecule has 1 N–H and O–H groups in total. The van der Waals surface area contributed by atoms with Crippen molar-refractivity contribution < 1.29 is 14.6 Å². The van der Waals surface area contributed by atoms with Crippen LogP contribution in [-0.4, -0.2) is 27.2 Å². The first-order chi connectivity index (χ1) is 16.5. The zero-order valence-corrected chi connectivity index (χ0v) is 20.0. The van der Waals surface area contributed by atoms with E-state index < -0.39 is 5.97 Å². The van der Waals surface area contributed by atoms with E-state index in [1.807, 2.05) is 62.4 Å². The third-order valence-corrected chi connectivity index (χ3v) is 6.51. The second-order valence-electron chi connectivity index (χ2n) is 8.76. The standard InChI is InChI=1S/C29H32N2O3/c1-4-9-20(3)21(5-2)19-34-25-15-12-22(13-16-25)28-30-26-18-23(29(32)33)14-17-27(26)31(28)24-10-7-6-8-11-24/h4-5,9,12-18,24H,3,6-8,10-11,19H2,1-2H3,(H,32,33)/b9-4+,21-5-. The molecule has 1 fully saturated rings. The maximum absolute atomic E-state index is 11.5. The Morgan fingerprint density at radius 3 is 2.53 bits per heavy atom. The van der Waals surface area contributed by atoms with E-state index in [4.69, 9.17) is 9.72 Å². The number of benzene rings is 2. The summed E-state index contributed by atoms with van der Waals surface area (Å²) in [6, 6.07) is 13.6. The number of fused-ring (bicyclic) bond motifs is 1. The average molecular weight is 457 g/mol. The van der Waals surface area contributed by atoms with Crippen molar-refractivity contribution in [3.8, 4) is 17.1 Å². The number of allylic oxidation sites excluding steroid dienone is 3. The van der Waals surface area contributed by atoms with Crippen molar-refractivity contribution in [3.05, 3.63) is 84.0 Å². The molecule has 1 heterocycles. The summed E-state index contributed by atoms with van der Waals surface area (Å²) in [4.78, 5) is 16.4. The zero-order chi connectivity index (χ0) is 24.1. The molecular weight excluding hydrogens is 424 g/mol. The molecule has 1 aromatic heterocycles. The van der Waals surface area contributed by atoms with E-state index in [1.165, 1.54) is 19.3 Å². The van der Waals surface area contributed by atoms with E-state index in [2.05, 4.69) is 11.1 Å². The van der Waals surface area contributed by atoms with Crippen molar-refractivity contribution in [2.24, 2.45) is 0 Å². The molecule has 4 rings (SSSR count). The van der Waals surface area contributed by atoms with Crippen LogP contribution in [0.4, 0.5) is 0 Å². The maximum Gasteiger partial charge on any atom is 0.335 e. The summed E-state index contributed by atoms with van der Waals surface area (Å²) in [6.07, 6.45) is 11.9. The Kier molecular flexibility index (Phi) is 7.31. The first-order valence-corrected chi connectivity index (χ1v) is 12.0. The van der Waals surface area contributed by atoms with Crippen molar-refractivity contribution in [3.63, 3.8) is 0 Å². The summed E-state index contributed by atoms with van der Waals surface area (Å²) in [7, 11) is 0. The van der Waals surface area contributed by atoms with E-state index >= 15 is 0 Å². The highest BCUT2D eigenvalue weighted by Gasteiger charge is 2.23. The van der Waals surface area contributed by atoms with Crippen LogP contribution in [0.15, 0.2) is 78.4 Å². The Labute approximate surface area is 201 Å².